The number of thiazole rings is 1. The van der Waals surface area contributed by atoms with Crippen molar-refractivity contribution in [2.45, 2.75) is 11.3 Å². The Labute approximate surface area is 235 Å². The second kappa shape index (κ2) is 12.0. The molecule has 10 heteroatoms. The van der Waals surface area contributed by atoms with E-state index in [9.17, 15) is 14.4 Å². The summed E-state index contributed by atoms with van der Waals surface area (Å²) in [7, 11) is 2.04. The summed E-state index contributed by atoms with van der Waals surface area (Å²) in [5, 5.41) is 5.83. The first kappa shape index (κ1) is 26.9. The minimum atomic E-state index is -0.334. The lowest BCUT2D eigenvalue weighted by atomic mass is 10.0. The summed E-state index contributed by atoms with van der Waals surface area (Å²) in [6.45, 7) is 4.91. The highest BCUT2D eigenvalue weighted by atomic mass is 32.2. The van der Waals surface area contributed by atoms with Crippen LogP contribution in [0.2, 0.25) is 0 Å². The Morgan fingerprint density at radius 3 is 2.33 bits per heavy atom. The topological polar surface area (TPSA) is 94.6 Å². The standard InChI is InChI=1S/C29H29N5O3S2/c1-19-7-9-20(10-8-19)30-26(35)18-38-29-32-24-12-11-21(17-25(24)39-29)31-27(36)22-5-3-4-6-23(22)28(37)34-15-13-33(2)14-16-34/h3-12,17H,13-16,18H2,1-2H3,(H,30,35)(H,31,36). The maximum atomic E-state index is 13.2. The van der Waals surface area contributed by atoms with Crippen LogP contribution in [0.25, 0.3) is 10.2 Å². The number of rotatable bonds is 7. The fourth-order valence-corrected chi connectivity index (χ4v) is 6.16. The molecule has 0 aliphatic carbocycles. The van der Waals surface area contributed by atoms with E-state index in [1.807, 2.05) is 50.4 Å². The second-order valence-electron chi connectivity index (χ2n) is 9.46. The minimum absolute atomic E-state index is 0.0964. The summed E-state index contributed by atoms with van der Waals surface area (Å²) in [5.74, 6) is -0.310. The predicted octanol–water partition coefficient (Wildman–Crippen LogP) is 4.98. The van der Waals surface area contributed by atoms with Gasteiger partial charge in [0.05, 0.1) is 27.1 Å². The van der Waals surface area contributed by atoms with Gasteiger partial charge in [-0.15, -0.1) is 11.3 Å². The third-order valence-corrected chi connectivity index (χ3v) is 8.64. The summed E-state index contributed by atoms with van der Waals surface area (Å²) in [6.07, 6.45) is 0. The van der Waals surface area contributed by atoms with Gasteiger partial charge in [0.1, 0.15) is 0 Å². The second-order valence-corrected chi connectivity index (χ2v) is 11.7. The number of carbonyl (C=O) groups is 3. The Balaban J connectivity index is 1.23. The predicted molar refractivity (Wildman–Crippen MR) is 158 cm³/mol. The molecule has 2 N–H and O–H groups in total. The number of thioether (sulfide) groups is 1. The van der Waals surface area contributed by atoms with E-state index in [-0.39, 0.29) is 23.5 Å². The van der Waals surface area contributed by atoms with Gasteiger partial charge in [0, 0.05) is 37.6 Å². The number of benzene rings is 3. The molecule has 0 spiro atoms. The average molecular weight is 560 g/mol. The van der Waals surface area contributed by atoms with E-state index in [4.69, 9.17) is 0 Å². The highest BCUT2D eigenvalue weighted by Gasteiger charge is 2.24. The Hall–Kier alpha value is -3.73. The molecule has 0 saturated carbocycles. The largest absolute Gasteiger partial charge is 0.336 e. The van der Waals surface area contributed by atoms with Crippen LogP contribution >= 0.6 is 23.1 Å². The zero-order valence-electron chi connectivity index (χ0n) is 21.8. The number of piperazine rings is 1. The Kier molecular flexibility index (Phi) is 8.25. The van der Waals surface area contributed by atoms with E-state index in [0.29, 0.717) is 29.9 Å². The molecular weight excluding hydrogens is 530 g/mol. The average Bonchev–Trinajstić information content (AvgIpc) is 3.35. The van der Waals surface area contributed by atoms with Crippen LogP contribution in [0.5, 0.6) is 0 Å². The molecule has 0 radical (unpaired) electrons. The van der Waals surface area contributed by atoms with Crippen LogP contribution in [0.4, 0.5) is 11.4 Å². The first-order valence-corrected chi connectivity index (χ1v) is 14.4. The van der Waals surface area contributed by atoms with Crippen molar-refractivity contribution >= 4 is 62.4 Å². The number of carbonyl (C=O) groups excluding carboxylic acids is 3. The molecule has 0 unspecified atom stereocenters. The molecule has 1 aliphatic heterocycles. The summed E-state index contributed by atoms with van der Waals surface area (Å²) in [4.78, 5) is 47.3. The zero-order chi connectivity index (χ0) is 27.4. The lowest BCUT2D eigenvalue weighted by molar-refractivity contribution is -0.113. The zero-order valence-corrected chi connectivity index (χ0v) is 23.4. The molecule has 3 aromatic carbocycles. The van der Waals surface area contributed by atoms with Gasteiger partial charge in [-0.25, -0.2) is 4.98 Å². The van der Waals surface area contributed by atoms with Crippen LogP contribution in [0.1, 0.15) is 26.3 Å². The molecule has 4 aromatic rings. The van der Waals surface area contributed by atoms with E-state index in [0.717, 1.165) is 38.9 Å². The Bertz CT molecular complexity index is 1510. The van der Waals surface area contributed by atoms with Crippen molar-refractivity contribution in [1.29, 1.82) is 0 Å². The molecule has 1 fully saturated rings. The van der Waals surface area contributed by atoms with Crippen LogP contribution < -0.4 is 10.6 Å². The van der Waals surface area contributed by atoms with Crippen LogP contribution in [0, 0.1) is 6.92 Å². The van der Waals surface area contributed by atoms with Crippen molar-refractivity contribution in [2.24, 2.45) is 0 Å². The van der Waals surface area contributed by atoms with E-state index >= 15 is 0 Å². The number of aromatic nitrogens is 1. The molecule has 2 heterocycles. The third-order valence-electron chi connectivity index (χ3n) is 6.48. The van der Waals surface area contributed by atoms with E-state index in [2.05, 4.69) is 20.5 Å². The van der Waals surface area contributed by atoms with Gasteiger partial charge in [0.2, 0.25) is 5.91 Å². The molecule has 0 bridgehead atoms. The highest BCUT2D eigenvalue weighted by molar-refractivity contribution is 8.01. The van der Waals surface area contributed by atoms with Crippen molar-refractivity contribution in [3.05, 3.63) is 83.4 Å². The number of hydrogen-bond donors (Lipinski definition) is 2. The lowest BCUT2D eigenvalue weighted by Gasteiger charge is -2.32. The smallest absolute Gasteiger partial charge is 0.256 e. The minimum Gasteiger partial charge on any atom is -0.336 e. The summed E-state index contributed by atoms with van der Waals surface area (Å²) >= 11 is 2.84. The number of nitrogens with zero attached hydrogens (tertiary/aromatic N) is 3. The van der Waals surface area contributed by atoms with E-state index in [1.54, 1.807) is 35.2 Å². The molecule has 1 aromatic heterocycles. The fourth-order valence-electron chi connectivity index (χ4n) is 4.25. The molecule has 39 heavy (non-hydrogen) atoms. The quantitative estimate of drug-likeness (QED) is 0.311. The molecule has 1 saturated heterocycles. The number of amides is 3. The Morgan fingerprint density at radius 1 is 0.897 bits per heavy atom. The van der Waals surface area contributed by atoms with Gasteiger partial charge >= 0.3 is 0 Å². The molecule has 200 valence electrons. The van der Waals surface area contributed by atoms with E-state index < -0.39 is 0 Å². The van der Waals surface area contributed by atoms with Gasteiger partial charge in [-0.2, -0.15) is 0 Å². The fraction of sp³-hybridized carbons (Fsp3) is 0.241. The Morgan fingerprint density at radius 2 is 1.59 bits per heavy atom. The SMILES string of the molecule is Cc1ccc(NC(=O)CSc2nc3ccc(NC(=O)c4ccccc4C(=O)N4CCN(C)CC4)cc3s2)cc1. The normalized spacial score (nSPS) is 13.8. The van der Waals surface area contributed by atoms with Gasteiger partial charge < -0.3 is 20.4 Å². The third kappa shape index (κ3) is 6.65. The van der Waals surface area contributed by atoms with Gasteiger partial charge in [0.25, 0.3) is 11.8 Å². The number of aryl methyl sites for hydroxylation is 1. The van der Waals surface area contributed by atoms with Crippen molar-refractivity contribution in [3.63, 3.8) is 0 Å². The number of anilines is 2. The molecule has 5 rings (SSSR count). The first-order chi connectivity index (χ1) is 18.9. The van der Waals surface area contributed by atoms with Crippen LogP contribution in [-0.4, -0.2) is 71.5 Å². The molecule has 3 amide bonds. The number of fused-ring (bicyclic) bond motifs is 1. The molecule has 1 aliphatic rings. The van der Waals surface area contributed by atoms with Crippen molar-refractivity contribution < 1.29 is 14.4 Å². The monoisotopic (exact) mass is 559 g/mol. The maximum Gasteiger partial charge on any atom is 0.256 e. The summed E-state index contributed by atoms with van der Waals surface area (Å²) in [5.41, 5.74) is 4.07. The van der Waals surface area contributed by atoms with Gasteiger partial charge in [-0.1, -0.05) is 41.6 Å². The maximum absolute atomic E-state index is 13.2. The van der Waals surface area contributed by atoms with E-state index in [1.165, 1.54) is 23.1 Å². The number of hydrogen-bond acceptors (Lipinski definition) is 7. The van der Waals surface area contributed by atoms with Crippen LogP contribution in [0.3, 0.4) is 0 Å². The van der Waals surface area contributed by atoms with Gasteiger partial charge in [-0.05, 0) is 56.4 Å². The highest BCUT2D eigenvalue weighted by Crippen LogP contribution is 2.31. The number of nitrogens with one attached hydrogen (secondary N) is 2. The lowest BCUT2D eigenvalue weighted by Crippen LogP contribution is -2.47. The first-order valence-electron chi connectivity index (χ1n) is 12.6. The molecular formula is C29H29N5O3S2. The van der Waals surface area contributed by atoms with Crippen molar-refractivity contribution in [3.8, 4) is 0 Å². The van der Waals surface area contributed by atoms with Crippen molar-refractivity contribution in [1.82, 2.24) is 14.8 Å². The number of likely N-dealkylation sites (N-methyl/N-ethyl adjacent to an activating group) is 1. The summed E-state index contributed by atoms with van der Waals surface area (Å²) < 4.78 is 1.67. The van der Waals surface area contributed by atoms with Crippen LogP contribution in [-0.2, 0) is 4.79 Å². The van der Waals surface area contributed by atoms with Gasteiger partial charge in [0.15, 0.2) is 4.34 Å². The van der Waals surface area contributed by atoms with Crippen LogP contribution in [0.15, 0.2) is 71.1 Å². The van der Waals surface area contributed by atoms with Crippen molar-refractivity contribution in [2.75, 3.05) is 49.6 Å². The van der Waals surface area contributed by atoms with Gasteiger partial charge in [-0.3, -0.25) is 14.4 Å². The molecule has 8 nitrogen and oxygen atoms in total. The molecule has 0 atom stereocenters. The summed E-state index contributed by atoms with van der Waals surface area (Å²) in [6, 6.07) is 20.1.